The molecule has 0 spiro atoms. The third-order valence-electron chi connectivity index (χ3n) is 2.63. The van der Waals surface area contributed by atoms with Gasteiger partial charge in [-0.2, -0.15) is 0 Å². The highest BCUT2D eigenvalue weighted by molar-refractivity contribution is 4.68. The van der Waals surface area contributed by atoms with Crippen molar-refractivity contribution in [3.63, 3.8) is 0 Å². The van der Waals surface area contributed by atoms with Crippen LogP contribution in [-0.4, -0.2) is 38.9 Å². The van der Waals surface area contributed by atoms with Gasteiger partial charge in [0.25, 0.3) is 0 Å². The van der Waals surface area contributed by atoms with Crippen molar-refractivity contribution in [3.8, 4) is 0 Å². The molecule has 2 atom stereocenters. The van der Waals surface area contributed by atoms with E-state index < -0.39 is 0 Å². The average Bonchev–Trinajstić information content (AvgIpc) is 2.67. The zero-order chi connectivity index (χ0) is 10.2. The summed E-state index contributed by atoms with van der Waals surface area (Å²) in [7, 11) is 0. The lowest BCUT2D eigenvalue weighted by atomic mass is 10.1. The van der Waals surface area contributed by atoms with E-state index in [1.807, 2.05) is 0 Å². The van der Waals surface area contributed by atoms with Crippen molar-refractivity contribution < 1.29 is 4.74 Å². The van der Waals surface area contributed by atoms with Crippen LogP contribution in [0.4, 0.5) is 0 Å². The summed E-state index contributed by atoms with van der Waals surface area (Å²) in [5.74, 6) is 0.705. The summed E-state index contributed by atoms with van der Waals surface area (Å²) < 4.78 is 5.54. The van der Waals surface area contributed by atoms with Gasteiger partial charge in [0, 0.05) is 13.2 Å². The molecule has 0 radical (unpaired) electrons. The van der Waals surface area contributed by atoms with Crippen molar-refractivity contribution in [2.75, 3.05) is 32.8 Å². The molecule has 0 bridgehead atoms. The maximum absolute atomic E-state index is 5.54. The standard InChI is InChI=1S/C11H24N2O/c1-3-12-7-10(2)8-13-9-11-5-4-6-14-11/h10-13H,3-9H2,1-2H3. The summed E-state index contributed by atoms with van der Waals surface area (Å²) in [6, 6.07) is 0. The lowest BCUT2D eigenvalue weighted by Gasteiger charge is -2.15. The molecule has 0 amide bonds. The summed E-state index contributed by atoms with van der Waals surface area (Å²) >= 11 is 0. The van der Waals surface area contributed by atoms with Crippen LogP contribution >= 0.6 is 0 Å². The Bertz CT molecular complexity index is 135. The van der Waals surface area contributed by atoms with Crippen molar-refractivity contribution in [1.82, 2.24) is 10.6 Å². The van der Waals surface area contributed by atoms with Crippen LogP contribution in [0, 0.1) is 5.92 Å². The van der Waals surface area contributed by atoms with Crippen molar-refractivity contribution in [2.24, 2.45) is 5.92 Å². The highest BCUT2D eigenvalue weighted by Gasteiger charge is 2.14. The van der Waals surface area contributed by atoms with E-state index in [2.05, 4.69) is 24.5 Å². The normalized spacial score (nSPS) is 24.0. The van der Waals surface area contributed by atoms with E-state index in [0.29, 0.717) is 12.0 Å². The van der Waals surface area contributed by atoms with Gasteiger partial charge in [0.1, 0.15) is 0 Å². The van der Waals surface area contributed by atoms with Gasteiger partial charge >= 0.3 is 0 Å². The predicted octanol–water partition coefficient (Wildman–Crippen LogP) is 1.00. The smallest absolute Gasteiger partial charge is 0.0700 e. The van der Waals surface area contributed by atoms with Gasteiger partial charge in [0.15, 0.2) is 0 Å². The number of hydrogen-bond acceptors (Lipinski definition) is 3. The Balaban J connectivity index is 1.91. The first-order chi connectivity index (χ1) is 6.83. The van der Waals surface area contributed by atoms with E-state index in [9.17, 15) is 0 Å². The van der Waals surface area contributed by atoms with Crippen molar-refractivity contribution in [3.05, 3.63) is 0 Å². The molecular formula is C11H24N2O. The second-order valence-electron chi connectivity index (χ2n) is 4.21. The van der Waals surface area contributed by atoms with E-state index in [4.69, 9.17) is 4.74 Å². The Hall–Kier alpha value is -0.120. The summed E-state index contributed by atoms with van der Waals surface area (Å²) in [6.45, 7) is 9.66. The lowest BCUT2D eigenvalue weighted by Crippen LogP contribution is -2.33. The Morgan fingerprint density at radius 3 is 2.79 bits per heavy atom. The molecule has 3 heteroatoms. The third-order valence-corrected chi connectivity index (χ3v) is 2.63. The van der Waals surface area contributed by atoms with Gasteiger partial charge in [0.05, 0.1) is 6.10 Å². The van der Waals surface area contributed by atoms with Crippen LogP contribution in [0.25, 0.3) is 0 Å². The van der Waals surface area contributed by atoms with Crippen LogP contribution in [0.3, 0.4) is 0 Å². The maximum Gasteiger partial charge on any atom is 0.0700 e. The molecule has 0 saturated carbocycles. The largest absolute Gasteiger partial charge is 0.377 e. The molecule has 0 aromatic heterocycles. The summed E-state index contributed by atoms with van der Waals surface area (Å²) in [6.07, 6.45) is 2.94. The van der Waals surface area contributed by atoms with Gasteiger partial charge in [-0.25, -0.2) is 0 Å². The molecule has 0 aromatic carbocycles. The van der Waals surface area contributed by atoms with Gasteiger partial charge < -0.3 is 15.4 Å². The molecule has 84 valence electrons. The Morgan fingerprint density at radius 1 is 1.36 bits per heavy atom. The van der Waals surface area contributed by atoms with Crippen LogP contribution in [0.15, 0.2) is 0 Å². The molecule has 0 aromatic rings. The SMILES string of the molecule is CCNCC(C)CNCC1CCCO1. The third kappa shape index (κ3) is 4.94. The predicted molar refractivity (Wildman–Crippen MR) is 59.6 cm³/mol. The van der Waals surface area contributed by atoms with Crippen molar-refractivity contribution in [2.45, 2.75) is 32.8 Å². The molecule has 3 nitrogen and oxygen atoms in total. The number of ether oxygens (including phenoxy) is 1. The number of nitrogens with one attached hydrogen (secondary N) is 2. The van der Waals surface area contributed by atoms with Crippen molar-refractivity contribution in [1.29, 1.82) is 0 Å². The Morgan fingerprint density at radius 2 is 2.14 bits per heavy atom. The van der Waals surface area contributed by atoms with Gasteiger partial charge in [-0.05, 0) is 38.4 Å². The van der Waals surface area contributed by atoms with Gasteiger partial charge in [-0.1, -0.05) is 13.8 Å². The zero-order valence-corrected chi connectivity index (χ0v) is 9.51. The summed E-state index contributed by atoms with van der Waals surface area (Å²) in [5.41, 5.74) is 0. The summed E-state index contributed by atoms with van der Waals surface area (Å²) in [4.78, 5) is 0. The average molecular weight is 200 g/mol. The fourth-order valence-electron chi connectivity index (χ4n) is 1.76. The Kier molecular flexibility index (Phi) is 6.15. The van der Waals surface area contributed by atoms with Gasteiger partial charge in [-0.15, -0.1) is 0 Å². The zero-order valence-electron chi connectivity index (χ0n) is 9.51. The quantitative estimate of drug-likeness (QED) is 0.643. The van der Waals surface area contributed by atoms with Crippen LogP contribution in [-0.2, 0) is 4.74 Å². The minimum atomic E-state index is 0.473. The minimum absolute atomic E-state index is 0.473. The van der Waals surface area contributed by atoms with E-state index in [1.54, 1.807) is 0 Å². The molecule has 1 fully saturated rings. The Labute approximate surface area is 87.6 Å². The lowest BCUT2D eigenvalue weighted by molar-refractivity contribution is 0.109. The second kappa shape index (κ2) is 7.21. The van der Waals surface area contributed by atoms with E-state index in [1.165, 1.54) is 12.8 Å². The van der Waals surface area contributed by atoms with Crippen LogP contribution < -0.4 is 10.6 Å². The number of rotatable bonds is 7. The topological polar surface area (TPSA) is 33.3 Å². The summed E-state index contributed by atoms with van der Waals surface area (Å²) in [5, 5.41) is 6.83. The molecule has 1 aliphatic rings. The van der Waals surface area contributed by atoms with Crippen molar-refractivity contribution >= 4 is 0 Å². The highest BCUT2D eigenvalue weighted by atomic mass is 16.5. The number of hydrogen-bond donors (Lipinski definition) is 2. The van der Waals surface area contributed by atoms with Gasteiger partial charge in [0.2, 0.25) is 0 Å². The maximum atomic E-state index is 5.54. The molecule has 0 aliphatic carbocycles. The van der Waals surface area contributed by atoms with E-state index in [0.717, 1.165) is 32.8 Å². The van der Waals surface area contributed by atoms with E-state index in [-0.39, 0.29) is 0 Å². The molecule has 1 rings (SSSR count). The van der Waals surface area contributed by atoms with Gasteiger partial charge in [-0.3, -0.25) is 0 Å². The molecule has 1 aliphatic heterocycles. The van der Waals surface area contributed by atoms with Crippen LogP contribution in [0.5, 0.6) is 0 Å². The van der Waals surface area contributed by atoms with Crippen LogP contribution in [0.2, 0.25) is 0 Å². The molecule has 1 heterocycles. The molecule has 1 saturated heterocycles. The molecule has 2 unspecified atom stereocenters. The first-order valence-electron chi connectivity index (χ1n) is 5.86. The fourth-order valence-corrected chi connectivity index (χ4v) is 1.76. The molecular weight excluding hydrogens is 176 g/mol. The van der Waals surface area contributed by atoms with Crippen LogP contribution in [0.1, 0.15) is 26.7 Å². The highest BCUT2D eigenvalue weighted by Crippen LogP contribution is 2.10. The van der Waals surface area contributed by atoms with E-state index >= 15 is 0 Å². The second-order valence-corrected chi connectivity index (χ2v) is 4.21. The monoisotopic (exact) mass is 200 g/mol. The first-order valence-corrected chi connectivity index (χ1v) is 5.86. The minimum Gasteiger partial charge on any atom is -0.377 e. The molecule has 2 N–H and O–H groups in total. The first kappa shape index (κ1) is 12.0. The fraction of sp³-hybridized carbons (Fsp3) is 1.00. The molecule has 14 heavy (non-hydrogen) atoms.